The lowest BCUT2D eigenvalue weighted by molar-refractivity contribution is 0.780. The summed E-state index contributed by atoms with van der Waals surface area (Å²) >= 11 is 19.7. The molecule has 3 nitrogen and oxygen atoms in total. The zero-order chi connectivity index (χ0) is 14.0. The molecule has 102 valence electrons. The molecule has 0 amide bonds. The number of hydrogen-bond donors (Lipinski definition) is 1. The first-order chi connectivity index (χ1) is 8.99. The molecule has 0 bridgehead atoms. The van der Waals surface area contributed by atoms with Gasteiger partial charge in [-0.3, -0.25) is 5.10 Å². The van der Waals surface area contributed by atoms with Crippen LogP contribution in [0.15, 0.2) is 17.3 Å². The van der Waals surface area contributed by atoms with E-state index < -0.39 is 0 Å². The highest BCUT2D eigenvalue weighted by molar-refractivity contribution is 7.98. The predicted molar refractivity (Wildman–Crippen MR) is 81.5 cm³/mol. The normalized spacial score (nSPS) is 11.3. The van der Waals surface area contributed by atoms with Gasteiger partial charge in [0.2, 0.25) is 5.16 Å². The van der Waals surface area contributed by atoms with E-state index in [1.165, 1.54) is 11.8 Å². The van der Waals surface area contributed by atoms with Crippen molar-refractivity contribution in [1.29, 1.82) is 0 Å². The predicted octanol–water partition coefficient (Wildman–Crippen LogP) is 5.18. The summed E-state index contributed by atoms with van der Waals surface area (Å²) in [5.41, 5.74) is 0.803. The zero-order valence-electron chi connectivity index (χ0n) is 10.4. The second-order valence-corrected chi connectivity index (χ2v) is 6.40. The van der Waals surface area contributed by atoms with Gasteiger partial charge in [-0.15, -0.1) is 5.10 Å². The number of thioether (sulfide) groups is 1. The van der Waals surface area contributed by atoms with Gasteiger partial charge in [-0.2, -0.15) is 0 Å². The SMILES string of the molecule is CC(C)c1nc(SCc2c(Cl)ccc(Cl)c2Cl)n[nH]1. The van der Waals surface area contributed by atoms with Gasteiger partial charge in [0.05, 0.1) is 10.0 Å². The second-order valence-electron chi connectivity index (χ2n) is 4.27. The molecule has 1 aromatic heterocycles. The van der Waals surface area contributed by atoms with Gasteiger partial charge < -0.3 is 0 Å². The average molecular weight is 337 g/mol. The van der Waals surface area contributed by atoms with E-state index in [1.807, 2.05) is 0 Å². The van der Waals surface area contributed by atoms with Crippen LogP contribution in [0.5, 0.6) is 0 Å². The Balaban J connectivity index is 2.12. The Morgan fingerprint density at radius 1 is 1.21 bits per heavy atom. The van der Waals surface area contributed by atoms with Gasteiger partial charge in [0.1, 0.15) is 5.82 Å². The quantitative estimate of drug-likeness (QED) is 0.618. The second kappa shape index (κ2) is 6.35. The van der Waals surface area contributed by atoms with Crippen molar-refractivity contribution in [2.75, 3.05) is 0 Å². The molecule has 1 heterocycles. The first-order valence-electron chi connectivity index (χ1n) is 5.66. The third-order valence-electron chi connectivity index (χ3n) is 2.51. The Labute approximate surface area is 131 Å². The van der Waals surface area contributed by atoms with Crippen molar-refractivity contribution < 1.29 is 0 Å². The van der Waals surface area contributed by atoms with Gasteiger partial charge in [-0.05, 0) is 12.1 Å². The van der Waals surface area contributed by atoms with Crippen LogP contribution >= 0.6 is 46.6 Å². The number of H-pyrrole nitrogens is 1. The highest BCUT2D eigenvalue weighted by atomic mass is 35.5. The molecule has 0 aliphatic rings. The van der Waals surface area contributed by atoms with Crippen LogP contribution in [0.3, 0.4) is 0 Å². The van der Waals surface area contributed by atoms with E-state index in [2.05, 4.69) is 29.0 Å². The molecular weight excluding hydrogens is 325 g/mol. The van der Waals surface area contributed by atoms with Crippen LogP contribution in [0, 0.1) is 0 Å². The molecule has 0 spiro atoms. The van der Waals surface area contributed by atoms with E-state index in [0.29, 0.717) is 31.9 Å². The summed E-state index contributed by atoms with van der Waals surface area (Å²) in [5, 5.41) is 9.31. The van der Waals surface area contributed by atoms with Crippen LogP contribution in [0.2, 0.25) is 15.1 Å². The molecular formula is C12H12Cl3N3S. The molecule has 1 N–H and O–H groups in total. The van der Waals surface area contributed by atoms with Crippen LogP contribution < -0.4 is 0 Å². The molecule has 1 aromatic carbocycles. The Bertz CT molecular complexity index is 584. The summed E-state index contributed by atoms with van der Waals surface area (Å²) in [6.07, 6.45) is 0. The molecule has 19 heavy (non-hydrogen) atoms. The van der Waals surface area contributed by atoms with E-state index in [1.54, 1.807) is 12.1 Å². The maximum Gasteiger partial charge on any atom is 0.208 e. The van der Waals surface area contributed by atoms with Gasteiger partial charge in [-0.1, -0.05) is 60.4 Å². The number of aromatic amines is 1. The number of halogens is 3. The third kappa shape index (κ3) is 3.57. The summed E-state index contributed by atoms with van der Waals surface area (Å²) in [5.74, 6) is 1.76. The van der Waals surface area contributed by atoms with Gasteiger partial charge in [0, 0.05) is 22.3 Å². The van der Waals surface area contributed by atoms with Crippen LogP contribution in [0.1, 0.15) is 31.2 Å². The lowest BCUT2D eigenvalue weighted by Gasteiger charge is -2.06. The Hall–Kier alpha value is -0.420. The molecule has 0 atom stereocenters. The van der Waals surface area contributed by atoms with Gasteiger partial charge >= 0.3 is 0 Å². The van der Waals surface area contributed by atoms with Crippen LogP contribution in [-0.4, -0.2) is 15.2 Å². The van der Waals surface area contributed by atoms with Crippen molar-refractivity contribution in [3.8, 4) is 0 Å². The first-order valence-corrected chi connectivity index (χ1v) is 7.78. The Kier molecular flexibility index (Phi) is 5.01. The molecule has 2 rings (SSSR count). The van der Waals surface area contributed by atoms with Crippen molar-refractivity contribution in [3.63, 3.8) is 0 Å². The number of benzene rings is 1. The maximum atomic E-state index is 6.14. The van der Waals surface area contributed by atoms with Crippen LogP contribution in [0.4, 0.5) is 0 Å². The fraction of sp³-hybridized carbons (Fsp3) is 0.333. The average Bonchev–Trinajstić information content (AvgIpc) is 2.83. The smallest absolute Gasteiger partial charge is 0.208 e. The topological polar surface area (TPSA) is 41.6 Å². The minimum atomic E-state index is 0.320. The van der Waals surface area contributed by atoms with Crippen LogP contribution in [0.25, 0.3) is 0 Å². The summed E-state index contributed by atoms with van der Waals surface area (Å²) in [4.78, 5) is 4.38. The number of nitrogens with one attached hydrogen (secondary N) is 1. The molecule has 0 radical (unpaired) electrons. The number of nitrogens with zero attached hydrogens (tertiary/aromatic N) is 2. The number of hydrogen-bond acceptors (Lipinski definition) is 3. The lowest BCUT2D eigenvalue weighted by Crippen LogP contribution is -1.89. The molecule has 0 fully saturated rings. The van der Waals surface area contributed by atoms with Crippen molar-refractivity contribution in [2.24, 2.45) is 0 Å². The van der Waals surface area contributed by atoms with Gasteiger partial charge in [-0.25, -0.2) is 4.98 Å². The molecule has 0 aliphatic heterocycles. The fourth-order valence-corrected chi connectivity index (χ4v) is 3.11. The van der Waals surface area contributed by atoms with E-state index in [-0.39, 0.29) is 0 Å². The highest BCUT2D eigenvalue weighted by Crippen LogP contribution is 2.35. The summed E-state index contributed by atoms with van der Waals surface area (Å²) in [6, 6.07) is 3.42. The molecule has 0 unspecified atom stereocenters. The molecule has 2 aromatic rings. The van der Waals surface area contributed by atoms with Crippen molar-refractivity contribution in [1.82, 2.24) is 15.2 Å². The molecule has 0 saturated heterocycles. The van der Waals surface area contributed by atoms with E-state index in [9.17, 15) is 0 Å². The van der Waals surface area contributed by atoms with Crippen molar-refractivity contribution in [2.45, 2.75) is 30.7 Å². The lowest BCUT2D eigenvalue weighted by atomic mass is 10.2. The largest absolute Gasteiger partial charge is 0.262 e. The first kappa shape index (κ1) is 15.0. The standard InChI is InChI=1S/C12H12Cl3N3S/c1-6(2)11-16-12(18-17-11)19-5-7-8(13)3-4-9(14)10(7)15/h3-4,6H,5H2,1-2H3,(H,16,17,18). The van der Waals surface area contributed by atoms with E-state index >= 15 is 0 Å². The van der Waals surface area contributed by atoms with E-state index in [4.69, 9.17) is 34.8 Å². The minimum Gasteiger partial charge on any atom is -0.262 e. The van der Waals surface area contributed by atoms with Crippen molar-refractivity contribution in [3.05, 3.63) is 38.6 Å². The highest BCUT2D eigenvalue weighted by Gasteiger charge is 2.12. The monoisotopic (exact) mass is 335 g/mol. The summed E-state index contributed by atoms with van der Waals surface area (Å²) < 4.78 is 0. The number of aromatic nitrogens is 3. The van der Waals surface area contributed by atoms with Crippen molar-refractivity contribution >= 4 is 46.6 Å². The Morgan fingerprint density at radius 2 is 1.89 bits per heavy atom. The third-order valence-corrected chi connectivity index (χ3v) is 4.58. The van der Waals surface area contributed by atoms with Gasteiger partial charge in [0.25, 0.3) is 0 Å². The Morgan fingerprint density at radius 3 is 2.53 bits per heavy atom. The van der Waals surface area contributed by atoms with E-state index in [0.717, 1.165) is 11.4 Å². The fourth-order valence-electron chi connectivity index (χ4n) is 1.42. The zero-order valence-corrected chi connectivity index (χ0v) is 13.5. The summed E-state index contributed by atoms with van der Waals surface area (Å²) in [6.45, 7) is 4.11. The van der Waals surface area contributed by atoms with Crippen LogP contribution in [-0.2, 0) is 5.75 Å². The van der Waals surface area contributed by atoms with Gasteiger partial charge in [0.15, 0.2) is 0 Å². The maximum absolute atomic E-state index is 6.14. The molecule has 0 saturated carbocycles. The molecule has 0 aliphatic carbocycles. The number of rotatable bonds is 4. The minimum absolute atomic E-state index is 0.320. The molecule has 7 heteroatoms. The summed E-state index contributed by atoms with van der Waals surface area (Å²) in [7, 11) is 0.